The number of carbonyl (C=O) groups is 1. The van der Waals surface area contributed by atoms with Crippen molar-refractivity contribution in [1.29, 1.82) is 0 Å². The van der Waals surface area contributed by atoms with Gasteiger partial charge in [-0.3, -0.25) is 4.48 Å². The molecule has 0 bridgehead atoms. The Bertz CT molecular complexity index is 1490. The van der Waals surface area contributed by atoms with Gasteiger partial charge in [0.05, 0.1) is 6.54 Å². The van der Waals surface area contributed by atoms with E-state index < -0.39 is 12.1 Å². The first kappa shape index (κ1) is 25.3. The van der Waals surface area contributed by atoms with Crippen molar-refractivity contribution < 1.29 is 53.7 Å². The number of carbonyl (C=O) groups excluding carboxylic acids is 1. The number of carboxylic acids is 1. The van der Waals surface area contributed by atoms with Crippen LogP contribution in [-0.2, 0) is 24.1 Å². The summed E-state index contributed by atoms with van der Waals surface area (Å²) in [7, 11) is 0. The van der Waals surface area contributed by atoms with Gasteiger partial charge in [0.25, 0.3) is 0 Å². The number of quaternary nitrogens is 1. The molecule has 200 valence electrons. The molecule has 6 N–H and O–H groups in total. The Labute approximate surface area is 213 Å². The SMILES string of the molecule is O=C([O-])C(F)(F)F.Oc1cc2c(cc1O)[C@@H]1c3ccc(O)c(O)c3C[C@H]3Cc4cc(O)c(O)cc4[N+]31CC2. The molecule has 12 heteroatoms. The smallest absolute Gasteiger partial charge is 0.430 e. The second-order valence-corrected chi connectivity index (χ2v) is 9.66. The lowest BCUT2D eigenvalue weighted by Gasteiger charge is -2.52. The number of hydrogen-bond donors (Lipinski definition) is 6. The second-order valence-electron chi connectivity index (χ2n) is 9.66. The standard InChI is InChI=1S/C24H21NO6.C2HF3O2/c26-18-2-1-14-16(24(18)31)8-13-5-12-7-20(28)22(30)10-17(12)25(13)4-3-11-6-19(27)21(29)9-15(11)23(14)25;3-2(4,5)1(6)7/h1-2,6-7,9-10,13,23H,3-5,8H2,(H5-,26,27,28,29,30,31);(H,6,7)/t13-,23+,25?;/m1./s1. The quantitative estimate of drug-likeness (QED) is 0.190. The molecule has 1 unspecified atom stereocenters. The minimum absolute atomic E-state index is 0.0190. The molecular weight excluding hydrogens is 511 g/mol. The molecule has 3 atom stereocenters. The van der Waals surface area contributed by atoms with E-state index in [1.54, 1.807) is 24.3 Å². The van der Waals surface area contributed by atoms with Crippen LogP contribution in [0.5, 0.6) is 34.5 Å². The number of phenols is 6. The first-order valence-electron chi connectivity index (χ1n) is 11.5. The maximum Gasteiger partial charge on any atom is 0.430 e. The number of benzene rings is 3. The third kappa shape index (κ3) is 3.63. The first-order chi connectivity index (χ1) is 17.8. The van der Waals surface area contributed by atoms with Gasteiger partial charge in [-0.25, -0.2) is 0 Å². The van der Waals surface area contributed by atoms with E-state index in [1.807, 2.05) is 6.07 Å². The molecule has 0 saturated carbocycles. The van der Waals surface area contributed by atoms with E-state index in [0.29, 0.717) is 35.9 Å². The van der Waals surface area contributed by atoms with E-state index in [4.69, 9.17) is 9.90 Å². The molecule has 0 saturated heterocycles. The number of hydrogen-bond acceptors (Lipinski definition) is 8. The van der Waals surface area contributed by atoms with Crippen molar-refractivity contribution in [2.75, 3.05) is 6.54 Å². The maximum atomic E-state index is 10.7. The number of nitrogens with zero attached hydrogens (tertiary/aromatic N) is 1. The Morgan fingerprint density at radius 1 is 0.816 bits per heavy atom. The van der Waals surface area contributed by atoms with Crippen LogP contribution in [0.3, 0.4) is 0 Å². The van der Waals surface area contributed by atoms with Gasteiger partial charge in [0, 0.05) is 47.6 Å². The lowest BCUT2D eigenvalue weighted by molar-refractivity contribution is -0.344. The van der Waals surface area contributed by atoms with Gasteiger partial charge in [-0.05, 0) is 35.9 Å². The van der Waals surface area contributed by atoms with E-state index in [0.717, 1.165) is 27.9 Å². The van der Waals surface area contributed by atoms with Crippen LogP contribution in [0, 0.1) is 0 Å². The molecule has 6 rings (SSSR count). The van der Waals surface area contributed by atoms with Gasteiger partial charge in [0.2, 0.25) is 0 Å². The molecule has 3 aromatic carbocycles. The summed E-state index contributed by atoms with van der Waals surface area (Å²) in [4.78, 5) is 8.78. The molecule has 3 heterocycles. The number of rotatable bonds is 0. The van der Waals surface area contributed by atoms with Crippen molar-refractivity contribution in [1.82, 2.24) is 4.48 Å². The molecule has 0 aromatic heterocycles. The van der Waals surface area contributed by atoms with Gasteiger partial charge in [-0.2, -0.15) is 13.2 Å². The lowest BCUT2D eigenvalue weighted by atomic mass is 9.77. The molecular formula is C26H22F3NO8. The van der Waals surface area contributed by atoms with Crippen LogP contribution in [0.4, 0.5) is 18.9 Å². The molecule has 0 amide bonds. The number of aromatic hydroxyl groups is 6. The summed E-state index contributed by atoms with van der Waals surface area (Å²) < 4.78 is 32.0. The Balaban J connectivity index is 0.000000374. The Hall–Kier alpha value is -4.32. The van der Waals surface area contributed by atoms with Crippen LogP contribution in [0.25, 0.3) is 0 Å². The van der Waals surface area contributed by atoms with Crippen molar-refractivity contribution in [3.8, 4) is 34.5 Å². The Morgan fingerprint density at radius 2 is 1.39 bits per heavy atom. The normalized spacial score (nSPS) is 22.6. The summed E-state index contributed by atoms with van der Waals surface area (Å²) in [6.07, 6.45) is -3.36. The second kappa shape index (κ2) is 8.35. The summed E-state index contributed by atoms with van der Waals surface area (Å²) in [5, 5.41) is 70.4. The number of aliphatic carboxylic acids is 1. The van der Waals surface area contributed by atoms with Gasteiger partial charge < -0.3 is 40.5 Å². The minimum atomic E-state index is -5.19. The lowest BCUT2D eigenvalue weighted by Crippen LogP contribution is -2.63. The number of halogens is 3. The Kier molecular flexibility index (Phi) is 5.57. The van der Waals surface area contributed by atoms with Crippen molar-refractivity contribution in [3.63, 3.8) is 0 Å². The van der Waals surface area contributed by atoms with E-state index in [2.05, 4.69) is 0 Å². The van der Waals surface area contributed by atoms with E-state index in [9.17, 15) is 43.8 Å². The third-order valence-corrected chi connectivity index (χ3v) is 7.74. The number of fused-ring (bicyclic) bond motifs is 5. The first-order valence-corrected chi connectivity index (χ1v) is 11.5. The topological polar surface area (TPSA) is 162 Å². The molecule has 1 spiro atoms. The number of carboxylic acid groups (broad SMARTS) is 1. The highest BCUT2D eigenvalue weighted by molar-refractivity contribution is 5.71. The zero-order valence-electron chi connectivity index (χ0n) is 19.5. The highest BCUT2D eigenvalue weighted by Gasteiger charge is 2.58. The summed E-state index contributed by atoms with van der Waals surface area (Å²) in [6, 6.07) is 9.42. The van der Waals surface area contributed by atoms with Crippen molar-refractivity contribution >= 4 is 11.7 Å². The highest BCUT2D eigenvalue weighted by Crippen LogP contribution is 2.59. The van der Waals surface area contributed by atoms with E-state index in [1.165, 1.54) is 6.07 Å². The van der Waals surface area contributed by atoms with E-state index in [-0.39, 0.29) is 46.6 Å². The van der Waals surface area contributed by atoms with Gasteiger partial charge in [0.15, 0.2) is 34.5 Å². The van der Waals surface area contributed by atoms with Crippen LogP contribution in [0.15, 0.2) is 36.4 Å². The highest BCUT2D eigenvalue weighted by atomic mass is 19.4. The van der Waals surface area contributed by atoms with Gasteiger partial charge in [0.1, 0.15) is 23.7 Å². The maximum absolute atomic E-state index is 10.7. The molecule has 3 aliphatic rings. The zero-order valence-corrected chi connectivity index (χ0v) is 19.5. The van der Waals surface area contributed by atoms with Crippen LogP contribution in [0.1, 0.15) is 33.9 Å². The number of phenolic OH excluding ortho intramolecular Hbond substituents is 6. The average Bonchev–Trinajstić information content (AvgIpc) is 3.13. The summed E-state index contributed by atoms with van der Waals surface area (Å²) in [5.74, 6) is -4.03. The van der Waals surface area contributed by atoms with E-state index >= 15 is 0 Å². The largest absolute Gasteiger partial charge is 0.542 e. The van der Waals surface area contributed by atoms with Crippen molar-refractivity contribution in [3.05, 3.63) is 64.2 Å². The molecule has 3 aliphatic heterocycles. The van der Waals surface area contributed by atoms with Gasteiger partial charge in [-0.15, -0.1) is 0 Å². The summed E-state index contributed by atoms with van der Waals surface area (Å²) in [5.41, 5.74) is 5.14. The van der Waals surface area contributed by atoms with Crippen LogP contribution in [0.2, 0.25) is 0 Å². The number of alkyl halides is 3. The van der Waals surface area contributed by atoms with Crippen LogP contribution in [-0.4, -0.2) is 55.4 Å². The molecule has 0 fully saturated rings. The molecule has 3 aromatic rings. The molecule has 0 radical (unpaired) electrons. The predicted molar refractivity (Wildman–Crippen MR) is 124 cm³/mol. The molecule has 9 nitrogen and oxygen atoms in total. The fourth-order valence-electron chi connectivity index (χ4n) is 6.21. The fraction of sp³-hybridized carbons (Fsp3) is 0.269. The van der Waals surface area contributed by atoms with Crippen molar-refractivity contribution in [2.45, 2.75) is 37.5 Å². The van der Waals surface area contributed by atoms with Crippen molar-refractivity contribution in [2.24, 2.45) is 0 Å². The Morgan fingerprint density at radius 3 is 2.03 bits per heavy atom. The predicted octanol–water partition coefficient (Wildman–Crippen LogP) is 2.35. The van der Waals surface area contributed by atoms with Gasteiger partial charge >= 0.3 is 6.18 Å². The third-order valence-electron chi connectivity index (χ3n) is 7.74. The van der Waals surface area contributed by atoms with Crippen LogP contribution < -0.4 is 9.59 Å². The zero-order chi connectivity index (χ0) is 27.7. The summed E-state index contributed by atoms with van der Waals surface area (Å²) in [6.45, 7) is 0.699. The average molecular weight is 533 g/mol. The molecule has 0 aliphatic carbocycles. The minimum Gasteiger partial charge on any atom is -0.542 e. The molecule has 38 heavy (non-hydrogen) atoms. The fourth-order valence-corrected chi connectivity index (χ4v) is 6.21. The van der Waals surface area contributed by atoms with Gasteiger partial charge in [-0.1, -0.05) is 0 Å². The summed E-state index contributed by atoms with van der Waals surface area (Å²) >= 11 is 0. The van der Waals surface area contributed by atoms with Crippen LogP contribution >= 0.6 is 0 Å². The monoisotopic (exact) mass is 533 g/mol.